The number of ether oxygens (including phenoxy) is 2. The van der Waals surface area contributed by atoms with Crippen LogP contribution < -0.4 is 0 Å². The fourth-order valence-electron chi connectivity index (χ4n) is 9.15. The van der Waals surface area contributed by atoms with Gasteiger partial charge in [0.1, 0.15) is 63.1 Å². The molecule has 1 aliphatic rings. The standard InChI is InChI=1S/C55H64F2N2O2/c1-41-7-15-47(16-8-41)35-58(5,36-48-17-9-42(2)10-18-48)39-53-54(40-59(6,37-49-19-11-43(3)12-20-49)38-50-21-13-44(4)14-22-50)61-55(60-53,33-31-45-23-27-51(56)28-24-45)34-32-46-25-29-52(57)30-26-46/h7-30,53-54H,31-40H2,1-6H3/q+2/t53-,54+. The molecule has 61 heavy (non-hydrogen) atoms. The maximum atomic E-state index is 14.1. The molecule has 4 nitrogen and oxygen atoms in total. The second-order valence-electron chi connectivity index (χ2n) is 18.7. The first-order valence-electron chi connectivity index (χ1n) is 22.0. The van der Waals surface area contributed by atoms with Crippen LogP contribution in [0.15, 0.2) is 146 Å². The van der Waals surface area contributed by atoms with Gasteiger partial charge >= 0.3 is 0 Å². The quantitative estimate of drug-likeness (QED) is 0.0804. The van der Waals surface area contributed by atoms with Crippen molar-refractivity contribution in [1.82, 2.24) is 0 Å². The number of hydrogen-bond acceptors (Lipinski definition) is 2. The molecule has 0 radical (unpaired) electrons. The third kappa shape index (κ3) is 12.5. The Bertz CT molecular complexity index is 2030. The van der Waals surface area contributed by atoms with Crippen LogP contribution >= 0.6 is 0 Å². The van der Waals surface area contributed by atoms with Gasteiger partial charge in [-0.15, -0.1) is 0 Å². The zero-order chi connectivity index (χ0) is 43.0. The van der Waals surface area contributed by atoms with Crippen molar-refractivity contribution in [1.29, 1.82) is 0 Å². The van der Waals surface area contributed by atoms with Crippen molar-refractivity contribution < 1.29 is 27.2 Å². The molecule has 1 aliphatic heterocycles. The molecule has 0 saturated carbocycles. The highest BCUT2D eigenvalue weighted by atomic mass is 19.1. The third-order valence-corrected chi connectivity index (χ3v) is 12.5. The predicted molar refractivity (Wildman–Crippen MR) is 244 cm³/mol. The maximum absolute atomic E-state index is 14.1. The van der Waals surface area contributed by atoms with Gasteiger partial charge in [-0.2, -0.15) is 0 Å². The lowest BCUT2D eigenvalue weighted by Gasteiger charge is -2.40. The first-order valence-corrected chi connectivity index (χ1v) is 22.0. The summed E-state index contributed by atoms with van der Waals surface area (Å²) in [5, 5.41) is 0. The van der Waals surface area contributed by atoms with E-state index < -0.39 is 5.79 Å². The highest BCUT2D eigenvalue weighted by molar-refractivity contribution is 5.24. The molecule has 0 bridgehead atoms. The molecule has 0 spiro atoms. The summed E-state index contributed by atoms with van der Waals surface area (Å²) in [7, 11) is 4.73. The van der Waals surface area contributed by atoms with E-state index >= 15 is 0 Å². The molecule has 1 heterocycles. The lowest BCUT2D eigenvalue weighted by atomic mass is 9.98. The smallest absolute Gasteiger partial charge is 0.170 e. The fourth-order valence-corrected chi connectivity index (χ4v) is 9.15. The maximum Gasteiger partial charge on any atom is 0.170 e. The minimum absolute atomic E-state index is 0.240. The molecule has 6 aromatic rings. The van der Waals surface area contributed by atoms with Gasteiger partial charge in [-0.25, -0.2) is 8.78 Å². The first-order chi connectivity index (χ1) is 29.2. The Morgan fingerprint density at radius 2 is 0.639 bits per heavy atom. The topological polar surface area (TPSA) is 18.5 Å². The molecule has 0 N–H and O–H groups in total. The molecule has 2 atom stereocenters. The zero-order valence-corrected chi connectivity index (χ0v) is 37.0. The lowest BCUT2D eigenvalue weighted by Crippen LogP contribution is -2.54. The largest absolute Gasteiger partial charge is 0.338 e. The van der Waals surface area contributed by atoms with Crippen molar-refractivity contribution in [3.63, 3.8) is 0 Å². The van der Waals surface area contributed by atoms with Crippen molar-refractivity contribution >= 4 is 0 Å². The molecule has 6 aromatic carbocycles. The number of quaternary nitrogens is 2. The summed E-state index contributed by atoms with van der Waals surface area (Å²) in [4.78, 5) is 0. The zero-order valence-electron chi connectivity index (χ0n) is 37.0. The van der Waals surface area contributed by atoms with Crippen molar-refractivity contribution in [2.24, 2.45) is 0 Å². The Kier molecular flexibility index (Phi) is 14.0. The molecule has 0 amide bonds. The van der Waals surface area contributed by atoms with Crippen LogP contribution in [0.2, 0.25) is 0 Å². The second kappa shape index (κ2) is 19.4. The summed E-state index contributed by atoms with van der Waals surface area (Å²) >= 11 is 0. The van der Waals surface area contributed by atoms with Gasteiger partial charge in [-0.05, 0) is 75.9 Å². The summed E-state index contributed by atoms with van der Waals surface area (Å²) in [5.74, 6) is -1.42. The van der Waals surface area contributed by atoms with Crippen LogP contribution in [0.1, 0.15) is 68.5 Å². The first kappa shape index (κ1) is 44.1. The lowest BCUT2D eigenvalue weighted by molar-refractivity contribution is -0.944. The van der Waals surface area contributed by atoms with Crippen LogP contribution in [0.5, 0.6) is 0 Å². The molecule has 0 aromatic heterocycles. The molecule has 0 unspecified atom stereocenters. The van der Waals surface area contributed by atoms with Gasteiger partial charge < -0.3 is 18.4 Å². The highest BCUT2D eigenvalue weighted by Crippen LogP contribution is 2.40. The molecule has 318 valence electrons. The Morgan fingerprint density at radius 1 is 0.393 bits per heavy atom. The molecule has 7 rings (SSSR count). The molecule has 1 fully saturated rings. The number of benzene rings is 6. The van der Waals surface area contributed by atoms with Crippen LogP contribution in [-0.2, 0) is 48.5 Å². The van der Waals surface area contributed by atoms with E-state index in [1.54, 1.807) is 0 Å². The number of halogens is 2. The van der Waals surface area contributed by atoms with Crippen LogP contribution in [0.4, 0.5) is 8.78 Å². The van der Waals surface area contributed by atoms with Gasteiger partial charge in [0.05, 0.1) is 14.1 Å². The van der Waals surface area contributed by atoms with E-state index in [-0.39, 0.29) is 23.8 Å². The summed E-state index contributed by atoms with van der Waals surface area (Å²) in [6.07, 6.45) is 2.06. The number of rotatable bonds is 18. The summed E-state index contributed by atoms with van der Waals surface area (Å²) in [5.41, 5.74) is 12.2. The van der Waals surface area contributed by atoms with E-state index in [0.29, 0.717) is 25.7 Å². The van der Waals surface area contributed by atoms with E-state index in [0.717, 1.165) is 59.4 Å². The van der Waals surface area contributed by atoms with Gasteiger partial charge in [0, 0.05) is 35.1 Å². The summed E-state index contributed by atoms with van der Waals surface area (Å²) in [6, 6.07) is 49.3. The van der Waals surface area contributed by atoms with E-state index in [4.69, 9.17) is 9.47 Å². The average Bonchev–Trinajstić information content (AvgIpc) is 3.56. The van der Waals surface area contributed by atoms with Gasteiger partial charge in [0.15, 0.2) is 5.79 Å². The number of likely N-dealkylation sites (N-methyl/N-ethyl adjacent to an activating group) is 2. The molecular formula is C55H64F2N2O2+2. The Balaban J connectivity index is 1.28. The van der Waals surface area contributed by atoms with Crippen LogP contribution in [0.25, 0.3) is 0 Å². The SMILES string of the molecule is Cc1ccc(C[N+](C)(Cc2ccc(C)cc2)C[C@@H]2OC(CCc3ccc(F)cc3)(CCc3ccc(F)cc3)O[C@@H]2C[N+](C)(Cc2ccc(C)cc2)Cc2ccc(C)cc2)cc1. The van der Waals surface area contributed by atoms with Gasteiger partial charge in [0.2, 0.25) is 0 Å². The molecule has 1 saturated heterocycles. The van der Waals surface area contributed by atoms with Crippen molar-refractivity contribution in [3.05, 3.63) is 213 Å². The van der Waals surface area contributed by atoms with Gasteiger partial charge in [-0.3, -0.25) is 0 Å². The number of nitrogens with zero attached hydrogens (tertiary/aromatic N) is 2. The van der Waals surface area contributed by atoms with Crippen LogP contribution in [-0.4, -0.2) is 54.1 Å². The molecule has 0 aliphatic carbocycles. The highest BCUT2D eigenvalue weighted by Gasteiger charge is 2.52. The van der Waals surface area contributed by atoms with Crippen molar-refractivity contribution in [3.8, 4) is 0 Å². The number of aryl methyl sites for hydroxylation is 6. The minimum Gasteiger partial charge on any atom is -0.338 e. The summed E-state index contributed by atoms with van der Waals surface area (Å²) < 4.78 is 44.7. The minimum atomic E-state index is -0.921. The van der Waals surface area contributed by atoms with Crippen LogP contribution in [0, 0.1) is 39.3 Å². The molecular weight excluding hydrogens is 759 g/mol. The van der Waals surface area contributed by atoms with E-state index in [9.17, 15) is 8.78 Å². The van der Waals surface area contributed by atoms with Crippen LogP contribution in [0.3, 0.4) is 0 Å². The number of hydrogen-bond donors (Lipinski definition) is 0. The van der Waals surface area contributed by atoms with Gasteiger partial charge in [-0.1, -0.05) is 144 Å². The van der Waals surface area contributed by atoms with E-state index in [1.807, 2.05) is 24.3 Å². The Hall–Kier alpha value is -4.98. The second-order valence-corrected chi connectivity index (χ2v) is 18.7. The van der Waals surface area contributed by atoms with Crippen molar-refractivity contribution in [2.45, 2.75) is 97.6 Å². The van der Waals surface area contributed by atoms with Crippen molar-refractivity contribution in [2.75, 3.05) is 27.2 Å². The average molecular weight is 823 g/mol. The summed E-state index contributed by atoms with van der Waals surface area (Å²) in [6.45, 7) is 13.3. The molecule has 6 heteroatoms. The van der Waals surface area contributed by atoms with E-state index in [2.05, 4.69) is 139 Å². The fraction of sp³-hybridized carbons (Fsp3) is 0.345. The third-order valence-electron chi connectivity index (χ3n) is 12.5. The Labute approximate surface area is 363 Å². The predicted octanol–water partition coefficient (Wildman–Crippen LogP) is 11.9. The van der Waals surface area contributed by atoms with Gasteiger partial charge in [0.25, 0.3) is 0 Å². The van der Waals surface area contributed by atoms with E-state index in [1.165, 1.54) is 68.8 Å². The normalized spacial score (nSPS) is 16.5. The monoisotopic (exact) mass is 822 g/mol. The Morgan fingerprint density at radius 3 is 0.902 bits per heavy atom.